The average Bonchev–Trinajstić information content (AvgIpc) is 2.85. The third-order valence-electron chi connectivity index (χ3n) is 3.08. The summed E-state index contributed by atoms with van der Waals surface area (Å²) in [5.74, 6) is -0.358. The minimum Gasteiger partial charge on any atom is -0.469 e. The summed E-state index contributed by atoms with van der Waals surface area (Å²) >= 11 is 0. The lowest BCUT2D eigenvalue weighted by molar-refractivity contribution is -0.118. The molecule has 0 spiro atoms. The predicted molar refractivity (Wildman–Crippen MR) is 78.2 cm³/mol. The molecule has 1 heterocycles. The van der Waals surface area contributed by atoms with E-state index in [-0.39, 0.29) is 19.0 Å². The summed E-state index contributed by atoms with van der Waals surface area (Å²) in [5, 5.41) is 0. The highest BCUT2D eigenvalue weighted by atomic mass is 16.3. The molecule has 0 saturated carbocycles. The molecule has 0 bridgehead atoms. The fourth-order valence-electron chi connectivity index (χ4n) is 2.01. The number of amides is 2. The van der Waals surface area contributed by atoms with Gasteiger partial charge in [0.25, 0.3) is 5.91 Å². The number of nitrogens with zero attached hydrogens (tertiary/aromatic N) is 1. The minimum absolute atomic E-state index is 0.159. The highest BCUT2D eigenvalue weighted by Gasteiger charge is 2.21. The molecule has 6 nitrogen and oxygen atoms in total. The number of carbonyl (C=O) groups is 2. The molecule has 2 rings (SSSR count). The molecule has 0 radical (unpaired) electrons. The van der Waals surface area contributed by atoms with Crippen molar-refractivity contribution < 1.29 is 14.0 Å². The van der Waals surface area contributed by atoms with Gasteiger partial charge in [-0.25, -0.2) is 0 Å². The molecular formula is C15H17N3O3. The van der Waals surface area contributed by atoms with Crippen molar-refractivity contribution in [1.29, 1.82) is 0 Å². The van der Waals surface area contributed by atoms with Crippen LogP contribution in [0, 0.1) is 6.92 Å². The molecule has 21 heavy (non-hydrogen) atoms. The summed E-state index contributed by atoms with van der Waals surface area (Å²) in [4.78, 5) is 25.0. The molecule has 0 saturated heterocycles. The van der Waals surface area contributed by atoms with Crippen molar-refractivity contribution >= 4 is 17.5 Å². The van der Waals surface area contributed by atoms with Gasteiger partial charge in [-0.3, -0.25) is 9.59 Å². The second-order valence-electron chi connectivity index (χ2n) is 4.76. The van der Waals surface area contributed by atoms with Gasteiger partial charge in [0.15, 0.2) is 0 Å². The number of primary amides is 1. The topological polar surface area (TPSA) is 103 Å². The summed E-state index contributed by atoms with van der Waals surface area (Å²) in [7, 11) is 0. The van der Waals surface area contributed by atoms with Crippen molar-refractivity contribution in [2.24, 2.45) is 5.73 Å². The lowest BCUT2D eigenvalue weighted by Crippen LogP contribution is -2.38. The highest BCUT2D eigenvalue weighted by molar-refractivity contribution is 5.97. The van der Waals surface area contributed by atoms with Gasteiger partial charge < -0.3 is 20.8 Å². The summed E-state index contributed by atoms with van der Waals surface area (Å²) < 4.78 is 5.13. The van der Waals surface area contributed by atoms with Gasteiger partial charge in [0.1, 0.15) is 5.76 Å². The van der Waals surface area contributed by atoms with E-state index >= 15 is 0 Å². The molecule has 2 aromatic rings. The highest BCUT2D eigenvalue weighted by Crippen LogP contribution is 2.15. The van der Waals surface area contributed by atoms with E-state index in [0.29, 0.717) is 17.0 Å². The Morgan fingerprint density at radius 2 is 1.86 bits per heavy atom. The molecule has 0 aliphatic heterocycles. The van der Waals surface area contributed by atoms with E-state index in [9.17, 15) is 9.59 Å². The number of carbonyl (C=O) groups excluding carboxylic acids is 2. The van der Waals surface area contributed by atoms with Gasteiger partial charge in [0, 0.05) is 12.2 Å². The van der Waals surface area contributed by atoms with Crippen LogP contribution in [0.2, 0.25) is 0 Å². The standard InChI is InChI=1S/C15H17N3O3/c1-10-13(6-7-21-10)15(20)18(9-14(17)19)8-11-2-4-12(16)5-3-11/h2-7H,8-9,16H2,1H3,(H2,17,19). The molecule has 4 N–H and O–H groups in total. The number of aryl methyl sites for hydroxylation is 1. The third kappa shape index (κ3) is 3.62. The molecule has 0 aliphatic rings. The smallest absolute Gasteiger partial charge is 0.258 e. The number of benzene rings is 1. The van der Waals surface area contributed by atoms with Crippen LogP contribution < -0.4 is 11.5 Å². The van der Waals surface area contributed by atoms with Crippen molar-refractivity contribution in [1.82, 2.24) is 4.90 Å². The van der Waals surface area contributed by atoms with E-state index in [0.717, 1.165) is 5.56 Å². The van der Waals surface area contributed by atoms with Crippen LogP contribution >= 0.6 is 0 Å². The zero-order valence-corrected chi connectivity index (χ0v) is 11.7. The van der Waals surface area contributed by atoms with E-state index in [1.54, 1.807) is 37.3 Å². The van der Waals surface area contributed by atoms with Crippen LogP contribution in [0.5, 0.6) is 0 Å². The zero-order valence-electron chi connectivity index (χ0n) is 11.7. The van der Waals surface area contributed by atoms with Gasteiger partial charge in [-0.1, -0.05) is 12.1 Å². The lowest BCUT2D eigenvalue weighted by atomic mass is 10.1. The summed E-state index contributed by atoms with van der Waals surface area (Å²) in [6, 6.07) is 8.67. The predicted octanol–water partition coefficient (Wildman–Crippen LogP) is 1.30. The monoisotopic (exact) mass is 287 g/mol. The molecule has 110 valence electrons. The molecule has 1 aromatic heterocycles. The van der Waals surface area contributed by atoms with Crippen LogP contribution in [0.4, 0.5) is 5.69 Å². The molecule has 1 aromatic carbocycles. The first-order chi connectivity index (χ1) is 9.97. The molecule has 0 unspecified atom stereocenters. The summed E-state index contributed by atoms with van der Waals surface area (Å²) in [5.41, 5.74) is 12.8. The van der Waals surface area contributed by atoms with Crippen molar-refractivity contribution in [2.75, 3.05) is 12.3 Å². The second kappa shape index (κ2) is 6.13. The van der Waals surface area contributed by atoms with Crippen molar-refractivity contribution in [3.05, 3.63) is 53.5 Å². The van der Waals surface area contributed by atoms with Crippen LogP contribution in [-0.4, -0.2) is 23.3 Å². The van der Waals surface area contributed by atoms with Gasteiger partial charge in [0.2, 0.25) is 5.91 Å². The van der Waals surface area contributed by atoms with E-state index in [1.165, 1.54) is 11.2 Å². The Bertz CT molecular complexity index is 646. The summed E-state index contributed by atoms with van der Waals surface area (Å²) in [6.45, 7) is 1.80. The van der Waals surface area contributed by atoms with E-state index in [1.807, 2.05) is 0 Å². The largest absolute Gasteiger partial charge is 0.469 e. The number of furan rings is 1. The molecular weight excluding hydrogens is 270 g/mol. The quantitative estimate of drug-likeness (QED) is 0.809. The Kier molecular flexibility index (Phi) is 4.27. The van der Waals surface area contributed by atoms with E-state index in [4.69, 9.17) is 15.9 Å². The van der Waals surface area contributed by atoms with Gasteiger partial charge in [-0.2, -0.15) is 0 Å². The second-order valence-corrected chi connectivity index (χ2v) is 4.76. The van der Waals surface area contributed by atoms with Crippen molar-refractivity contribution in [2.45, 2.75) is 13.5 Å². The first-order valence-corrected chi connectivity index (χ1v) is 6.43. The maximum atomic E-state index is 12.5. The van der Waals surface area contributed by atoms with Gasteiger partial charge >= 0.3 is 0 Å². The third-order valence-corrected chi connectivity index (χ3v) is 3.08. The molecule has 6 heteroatoms. The zero-order chi connectivity index (χ0) is 15.4. The number of anilines is 1. The Labute approximate surface area is 122 Å². The van der Waals surface area contributed by atoms with Gasteiger partial charge in [-0.15, -0.1) is 0 Å². The molecule has 0 aliphatic carbocycles. The van der Waals surface area contributed by atoms with Crippen LogP contribution in [0.25, 0.3) is 0 Å². The SMILES string of the molecule is Cc1occc1C(=O)N(CC(N)=O)Cc1ccc(N)cc1. The van der Waals surface area contributed by atoms with E-state index in [2.05, 4.69) is 0 Å². The number of nitrogens with two attached hydrogens (primary N) is 2. The van der Waals surface area contributed by atoms with Crippen LogP contribution in [-0.2, 0) is 11.3 Å². The molecule has 0 fully saturated rings. The van der Waals surface area contributed by atoms with Crippen molar-refractivity contribution in [3.63, 3.8) is 0 Å². The lowest BCUT2D eigenvalue weighted by Gasteiger charge is -2.21. The number of hydrogen-bond acceptors (Lipinski definition) is 4. The van der Waals surface area contributed by atoms with Crippen LogP contribution in [0.3, 0.4) is 0 Å². The Balaban J connectivity index is 2.22. The number of hydrogen-bond donors (Lipinski definition) is 2. The minimum atomic E-state index is -0.569. The first kappa shape index (κ1) is 14.6. The van der Waals surface area contributed by atoms with E-state index < -0.39 is 5.91 Å². The van der Waals surface area contributed by atoms with Crippen molar-refractivity contribution in [3.8, 4) is 0 Å². The first-order valence-electron chi connectivity index (χ1n) is 6.43. The average molecular weight is 287 g/mol. The Morgan fingerprint density at radius 1 is 1.19 bits per heavy atom. The molecule has 0 atom stereocenters. The summed E-state index contributed by atoms with van der Waals surface area (Å²) in [6.07, 6.45) is 1.44. The van der Waals surface area contributed by atoms with Crippen LogP contribution in [0.15, 0.2) is 41.0 Å². The fourth-order valence-corrected chi connectivity index (χ4v) is 2.01. The number of rotatable bonds is 5. The number of nitrogen functional groups attached to an aromatic ring is 1. The molecule has 2 amide bonds. The maximum Gasteiger partial charge on any atom is 0.258 e. The Hall–Kier alpha value is -2.76. The Morgan fingerprint density at radius 3 is 2.38 bits per heavy atom. The normalized spacial score (nSPS) is 10.3. The fraction of sp³-hybridized carbons (Fsp3) is 0.200. The van der Waals surface area contributed by atoms with Crippen LogP contribution in [0.1, 0.15) is 21.7 Å². The maximum absolute atomic E-state index is 12.5. The van der Waals surface area contributed by atoms with Gasteiger partial charge in [0.05, 0.1) is 18.4 Å². The van der Waals surface area contributed by atoms with Gasteiger partial charge in [-0.05, 0) is 30.7 Å².